The molecule has 0 fully saturated rings. The summed E-state index contributed by atoms with van der Waals surface area (Å²) in [5.41, 5.74) is 4.44. The first-order valence-corrected chi connectivity index (χ1v) is 10.7. The number of para-hydroxylation sites is 1. The highest BCUT2D eigenvalue weighted by atomic mass is 16.2. The van der Waals surface area contributed by atoms with Gasteiger partial charge in [0.25, 0.3) is 0 Å². The van der Waals surface area contributed by atoms with Crippen molar-refractivity contribution in [3.05, 3.63) is 89.3 Å². The Hall–Kier alpha value is -3.60. The number of amides is 1. The molecule has 158 valence electrons. The molecular weight excluding hydrogens is 386 g/mol. The number of fused-ring (bicyclic) bond motifs is 1. The molecular formula is C26H27N3O2. The van der Waals surface area contributed by atoms with Gasteiger partial charge in [-0.25, -0.2) is 4.79 Å². The summed E-state index contributed by atoms with van der Waals surface area (Å²) in [6.07, 6.45) is 1.91. The number of hydrogen-bond donors (Lipinski definition) is 0. The van der Waals surface area contributed by atoms with E-state index >= 15 is 0 Å². The van der Waals surface area contributed by atoms with Crippen LogP contribution in [-0.4, -0.2) is 22.1 Å². The number of aryl methyl sites for hydroxylation is 1. The van der Waals surface area contributed by atoms with Crippen LogP contribution < -0.4 is 10.6 Å². The maximum absolute atomic E-state index is 13.3. The largest absolute Gasteiger partial charge is 0.329 e. The van der Waals surface area contributed by atoms with E-state index in [1.165, 1.54) is 0 Å². The summed E-state index contributed by atoms with van der Waals surface area (Å²) in [5.74, 6) is -0.132. The van der Waals surface area contributed by atoms with Crippen LogP contribution in [0.15, 0.2) is 83.7 Å². The summed E-state index contributed by atoms with van der Waals surface area (Å²) in [5, 5.41) is 0. The van der Waals surface area contributed by atoms with Crippen molar-refractivity contribution in [3.63, 3.8) is 0 Å². The molecule has 4 rings (SSSR count). The fourth-order valence-electron chi connectivity index (χ4n) is 3.85. The van der Waals surface area contributed by atoms with Crippen molar-refractivity contribution in [2.45, 2.75) is 32.9 Å². The van der Waals surface area contributed by atoms with Crippen molar-refractivity contribution in [1.29, 1.82) is 0 Å². The fourth-order valence-corrected chi connectivity index (χ4v) is 3.85. The number of rotatable bonds is 7. The second-order valence-corrected chi connectivity index (χ2v) is 7.73. The lowest BCUT2D eigenvalue weighted by atomic mass is 10.1. The predicted octanol–water partition coefficient (Wildman–Crippen LogP) is 4.93. The van der Waals surface area contributed by atoms with Gasteiger partial charge in [0, 0.05) is 19.3 Å². The predicted molar refractivity (Wildman–Crippen MR) is 126 cm³/mol. The quantitative estimate of drug-likeness (QED) is 0.431. The summed E-state index contributed by atoms with van der Waals surface area (Å²) in [6, 6.07) is 25.6. The second-order valence-electron chi connectivity index (χ2n) is 7.73. The number of anilines is 1. The average molecular weight is 414 g/mol. The van der Waals surface area contributed by atoms with Gasteiger partial charge in [0.05, 0.1) is 11.0 Å². The molecule has 0 spiro atoms. The van der Waals surface area contributed by atoms with Crippen LogP contribution in [0.25, 0.3) is 22.2 Å². The van der Waals surface area contributed by atoms with Gasteiger partial charge >= 0.3 is 5.69 Å². The van der Waals surface area contributed by atoms with Gasteiger partial charge in [0.1, 0.15) is 6.54 Å². The van der Waals surface area contributed by atoms with Crippen LogP contribution in [0.3, 0.4) is 0 Å². The molecule has 5 heteroatoms. The Morgan fingerprint density at radius 2 is 1.52 bits per heavy atom. The first-order valence-electron chi connectivity index (χ1n) is 10.7. The SMILES string of the molecule is CCCCn1c(=O)n(CC(=O)N(C)c2ccccc2)c2cc(-c3ccccc3)ccc21. The number of likely N-dealkylation sites (N-methyl/N-ethyl adjacent to an activating group) is 1. The van der Waals surface area contributed by atoms with Crippen molar-refractivity contribution < 1.29 is 4.79 Å². The molecule has 0 atom stereocenters. The van der Waals surface area contributed by atoms with Gasteiger partial charge in [-0.05, 0) is 41.8 Å². The molecule has 0 N–H and O–H groups in total. The van der Waals surface area contributed by atoms with Crippen LogP contribution in [-0.2, 0) is 17.9 Å². The van der Waals surface area contributed by atoms with E-state index < -0.39 is 0 Å². The van der Waals surface area contributed by atoms with Gasteiger partial charge in [-0.15, -0.1) is 0 Å². The number of unbranched alkanes of at least 4 members (excludes halogenated alkanes) is 1. The minimum Gasteiger partial charge on any atom is -0.314 e. The summed E-state index contributed by atoms with van der Waals surface area (Å²) in [4.78, 5) is 27.9. The zero-order chi connectivity index (χ0) is 21.8. The smallest absolute Gasteiger partial charge is 0.314 e. The number of carbonyl (C=O) groups is 1. The highest BCUT2D eigenvalue weighted by Crippen LogP contribution is 2.24. The van der Waals surface area contributed by atoms with Crippen LogP contribution in [0, 0.1) is 0 Å². The van der Waals surface area contributed by atoms with E-state index in [1.54, 1.807) is 21.1 Å². The number of imidazole rings is 1. The van der Waals surface area contributed by atoms with Crippen molar-refractivity contribution in [3.8, 4) is 11.1 Å². The Bertz CT molecular complexity index is 1240. The topological polar surface area (TPSA) is 47.2 Å². The van der Waals surface area contributed by atoms with Crippen molar-refractivity contribution in [1.82, 2.24) is 9.13 Å². The fraction of sp³-hybridized carbons (Fsp3) is 0.231. The zero-order valence-electron chi connectivity index (χ0n) is 18.0. The van der Waals surface area contributed by atoms with Gasteiger partial charge in [-0.2, -0.15) is 0 Å². The van der Waals surface area contributed by atoms with Crippen molar-refractivity contribution >= 4 is 22.6 Å². The Labute approximate surface area is 182 Å². The molecule has 0 bridgehead atoms. The summed E-state index contributed by atoms with van der Waals surface area (Å²) < 4.78 is 3.41. The number of nitrogens with zero attached hydrogens (tertiary/aromatic N) is 3. The minimum atomic E-state index is -0.136. The van der Waals surface area contributed by atoms with E-state index in [0.29, 0.717) is 6.54 Å². The normalized spacial score (nSPS) is 11.0. The molecule has 4 aromatic rings. The Morgan fingerprint density at radius 3 is 2.19 bits per heavy atom. The first kappa shape index (κ1) is 20.7. The van der Waals surface area contributed by atoms with Gasteiger partial charge in [0.2, 0.25) is 5.91 Å². The lowest BCUT2D eigenvalue weighted by molar-refractivity contribution is -0.118. The Balaban J connectivity index is 1.77. The number of benzene rings is 3. The lowest BCUT2D eigenvalue weighted by Gasteiger charge is -2.17. The third-order valence-corrected chi connectivity index (χ3v) is 5.67. The molecule has 0 saturated carbocycles. The van der Waals surface area contributed by atoms with Gasteiger partial charge < -0.3 is 4.90 Å². The minimum absolute atomic E-state index is 0.00189. The molecule has 0 aliphatic carbocycles. The van der Waals surface area contributed by atoms with Gasteiger partial charge in [-0.1, -0.05) is 67.9 Å². The molecule has 1 amide bonds. The third kappa shape index (κ3) is 4.17. The van der Waals surface area contributed by atoms with Crippen LogP contribution in [0.4, 0.5) is 5.69 Å². The molecule has 3 aromatic carbocycles. The molecule has 1 aromatic heterocycles. The van der Waals surface area contributed by atoms with E-state index in [1.807, 2.05) is 78.9 Å². The maximum Gasteiger partial charge on any atom is 0.329 e. The molecule has 0 saturated heterocycles. The lowest BCUT2D eigenvalue weighted by Crippen LogP contribution is -2.34. The standard InChI is InChI=1S/C26H27N3O2/c1-3-4-17-28-23-16-15-21(20-11-7-5-8-12-20)18-24(23)29(26(28)31)19-25(30)27(2)22-13-9-6-10-14-22/h5-16,18H,3-4,17,19H2,1-2H3. The molecule has 31 heavy (non-hydrogen) atoms. The van der Waals surface area contributed by atoms with Crippen LogP contribution in [0.2, 0.25) is 0 Å². The molecule has 5 nitrogen and oxygen atoms in total. The summed E-state index contributed by atoms with van der Waals surface area (Å²) in [6.45, 7) is 2.75. The van der Waals surface area contributed by atoms with Crippen LogP contribution in [0.1, 0.15) is 19.8 Å². The third-order valence-electron chi connectivity index (χ3n) is 5.67. The van der Waals surface area contributed by atoms with Crippen LogP contribution >= 0.6 is 0 Å². The summed E-state index contributed by atoms with van der Waals surface area (Å²) >= 11 is 0. The second kappa shape index (κ2) is 9.04. The molecule has 0 unspecified atom stereocenters. The van der Waals surface area contributed by atoms with Crippen molar-refractivity contribution in [2.24, 2.45) is 0 Å². The molecule has 0 radical (unpaired) electrons. The maximum atomic E-state index is 13.3. The van der Waals surface area contributed by atoms with Gasteiger partial charge in [0.15, 0.2) is 0 Å². The molecule has 0 aliphatic rings. The van der Waals surface area contributed by atoms with Crippen molar-refractivity contribution in [2.75, 3.05) is 11.9 Å². The molecule has 0 aliphatic heterocycles. The highest BCUT2D eigenvalue weighted by Gasteiger charge is 2.19. The number of aromatic nitrogens is 2. The Morgan fingerprint density at radius 1 is 0.839 bits per heavy atom. The van der Waals surface area contributed by atoms with E-state index in [4.69, 9.17) is 0 Å². The zero-order valence-corrected chi connectivity index (χ0v) is 18.0. The average Bonchev–Trinajstić information content (AvgIpc) is 3.08. The van der Waals surface area contributed by atoms with E-state index in [0.717, 1.165) is 40.7 Å². The van der Waals surface area contributed by atoms with Crippen LogP contribution in [0.5, 0.6) is 0 Å². The van der Waals surface area contributed by atoms with Gasteiger partial charge in [-0.3, -0.25) is 13.9 Å². The molecule has 1 heterocycles. The summed E-state index contributed by atoms with van der Waals surface area (Å²) in [7, 11) is 1.74. The number of hydrogen-bond acceptors (Lipinski definition) is 2. The van der Waals surface area contributed by atoms with E-state index in [-0.39, 0.29) is 18.1 Å². The monoisotopic (exact) mass is 413 g/mol. The van der Waals surface area contributed by atoms with E-state index in [9.17, 15) is 9.59 Å². The van der Waals surface area contributed by atoms with E-state index in [2.05, 4.69) is 6.92 Å². The number of carbonyl (C=O) groups excluding carboxylic acids is 1. The Kier molecular flexibility index (Phi) is 6.03. The highest BCUT2D eigenvalue weighted by molar-refractivity contribution is 5.94. The first-order chi connectivity index (χ1) is 15.1.